The highest BCUT2D eigenvalue weighted by molar-refractivity contribution is 5.91. The Labute approximate surface area is 122 Å². The minimum Gasteiger partial charge on any atom is -0.481 e. The van der Waals surface area contributed by atoms with Crippen molar-refractivity contribution >= 4 is 11.9 Å². The third-order valence-corrected chi connectivity index (χ3v) is 3.21. The summed E-state index contributed by atoms with van der Waals surface area (Å²) < 4.78 is 0. The number of carbonyl (C=O) groups is 2. The van der Waals surface area contributed by atoms with E-state index in [0.29, 0.717) is 13.0 Å². The number of carboxylic acids is 1. The molecule has 0 aliphatic rings. The van der Waals surface area contributed by atoms with Crippen molar-refractivity contribution in [3.8, 4) is 0 Å². The van der Waals surface area contributed by atoms with Gasteiger partial charge in [-0.05, 0) is 18.8 Å². The summed E-state index contributed by atoms with van der Waals surface area (Å²) in [4.78, 5) is 39.3. The largest absolute Gasteiger partial charge is 0.481 e. The van der Waals surface area contributed by atoms with Gasteiger partial charge in [-0.25, -0.2) is 4.98 Å². The number of amides is 1. The second-order valence-corrected chi connectivity index (χ2v) is 4.93. The number of nitrogens with zero attached hydrogens (tertiary/aromatic N) is 1. The lowest BCUT2D eigenvalue weighted by Crippen LogP contribution is -2.27. The maximum absolute atomic E-state index is 11.8. The van der Waals surface area contributed by atoms with Crippen molar-refractivity contribution in [3.63, 3.8) is 0 Å². The summed E-state index contributed by atoms with van der Waals surface area (Å²) in [5.74, 6) is -0.854. The fourth-order valence-electron chi connectivity index (χ4n) is 2.12. The van der Waals surface area contributed by atoms with Gasteiger partial charge in [0.25, 0.3) is 11.5 Å². The predicted molar refractivity (Wildman–Crippen MR) is 77.1 cm³/mol. The van der Waals surface area contributed by atoms with Gasteiger partial charge in [0.15, 0.2) is 0 Å². The van der Waals surface area contributed by atoms with Crippen LogP contribution in [0.3, 0.4) is 0 Å². The molecule has 116 valence electrons. The normalized spacial score (nSPS) is 11.9. The summed E-state index contributed by atoms with van der Waals surface area (Å²) in [6.45, 7) is 2.51. The van der Waals surface area contributed by atoms with Crippen LogP contribution >= 0.6 is 0 Å². The molecule has 0 saturated carbocycles. The van der Waals surface area contributed by atoms with Crippen LogP contribution < -0.4 is 10.9 Å². The molecule has 1 rings (SSSR count). The lowest BCUT2D eigenvalue weighted by molar-refractivity contribution is -0.137. The highest BCUT2D eigenvalue weighted by atomic mass is 16.4. The standard InChI is InChI=1S/C14H21N3O4/c1-2-3-10(4-5-13(19)20)6-7-15-14(21)11-8-17-12(18)9-16-11/h8-10H,2-7H2,1H3,(H,15,21)(H,17,18)(H,19,20). The van der Waals surface area contributed by atoms with Crippen LogP contribution in [0.5, 0.6) is 0 Å². The maximum atomic E-state index is 11.8. The van der Waals surface area contributed by atoms with Crippen molar-refractivity contribution in [2.75, 3.05) is 6.54 Å². The lowest BCUT2D eigenvalue weighted by Gasteiger charge is -2.15. The van der Waals surface area contributed by atoms with Crippen molar-refractivity contribution in [2.24, 2.45) is 5.92 Å². The SMILES string of the molecule is CCCC(CCNC(=O)c1c[nH]c(=O)cn1)CCC(=O)O. The average Bonchev–Trinajstić information content (AvgIpc) is 2.45. The number of aromatic amines is 1. The molecular formula is C14H21N3O4. The van der Waals surface area contributed by atoms with E-state index in [1.165, 1.54) is 6.20 Å². The molecule has 0 spiro atoms. The Morgan fingerprint density at radius 2 is 2.14 bits per heavy atom. The molecule has 0 aliphatic heterocycles. The number of carbonyl (C=O) groups excluding carboxylic acids is 1. The summed E-state index contributed by atoms with van der Waals surface area (Å²) in [6.07, 6.45) is 5.76. The van der Waals surface area contributed by atoms with Gasteiger partial charge in [-0.15, -0.1) is 0 Å². The first-order valence-electron chi connectivity index (χ1n) is 7.07. The van der Waals surface area contributed by atoms with E-state index in [0.717, 1.165) is 25.5 Å². The Kier molecular flexibility index (Phi) is 7.14. The quantitative estimate of drug-likeness (QED) is 0.633. The minimum absolute atomic E-state index is 0.153. The van der Waals surface area contributed by atoms with Gasteiger partial charge in [-0.1, -0.05) is 19.8 Å². The predicted octanol–water partition coefficient (Wildman–Crippen LogP) is 1.17. The van der Waals surface area contributed by atoms with Gasteiger partial charge < -0.3 is 15.4 Å². The summed E-state index contributed by atoms with van der Waals surface area (Å²) >= 11 is 0. The lowest BCUT2D eigenvalue weighted by atomic mass is 9.94. The molecule has 1 aromatic rings. The third-order valence-electron chi connectivity index (χ3n) is 3.21. The first-order chi connectivity index (χ1) is 10.0. The van der Waals surface area contributed by atoms with Crippen molar-refractivity contribution in [3.05, 3.63) is 28.4 Å². The van der Waals surface area contributed by atoms with Gasteiger partial charge in [0, 0.05) is 19.2 Å². The number of H-pyrrole nitrogens is 1. The van der Waals surface area contributed by atoms with Crippen LogP contribution in [0.15, 0.2) is 17.2 Å². The van der Waals surface area contributed by atoms with Crippen LogP contribution in [0.2, 0.25) is 0 Å². The number of hydrogen-bond donors (Lipinski definition) is 3. The molecule has 0 saturated heterocycles. The fourth-order valence-corrected chi connectivity index (χ4v) is 2.12. The van der Waals surface area contributed by atoms with Crippen molar-refractivity contribution in [1.82, 2.24) is 15.3 Å². The molecule has 7 heteroatoms. The minimum atomic E-state index is -0.794. The highest BCUT2D eigenvalue weighted by Gasteiger charge is 2.12. The maximum Gasteiger partial charge on any atom is 0.303 e. The van der Waals surface area contributed by atoms with Gasteiger partial charge in [-0.3, -0.25) is 14.4 Å². The first kappa shape index (κ1) is 16.9. The summed E-state index contributed by atoms with van der Waals surface area (Å²) in [5.41, 5.74) is -0.199. The van der Waals surface area contributed by atoms with Crippen LogP contribution in [0.4, 0.5) is 0 Å². The molecule has 21 heavy (non-hydrogen) atoms. The zero-order valence-electron chi connectivity index (χ0n) is 12.1. The van der Waals surface area contributed by atoms with E-state index in [9.17, 15) is 14.4 Å². The number of aromatic nitrogens is 2. The molecule has 0 aromatic carbocycles. The number of nitrogens with one attached hydrogen (secondary N) is 2. The van der Waals surface area contributed by atoms with Gasteiger partial charge >= 0.3 is 5.97 Å². The number of carboxylic acid groups (broad SMARTS) is 1. The van der Waals surface area contributed by atoms with E-state index in [1.807, 2.05) is 0 Å². The molecule has 0 aliphatic carbocycles. The van der Waals surface area contributed by atoms with Crippen LogP contribution in [0.25, 0.3) is 0 Å². The highest BCUT2D eigenvalue weighted by Crippen LogP contribution is 2.17. The second-order valence-electron chi connectivity index (χ2n) is 4.93. The topological polar surface area (TPSA) is 112 Å². The van der Waals surface area contributed by atoms with Gasteiger partial charge in [0.2, 0.25) is 0 Å². The van der Waals surface area contributed by atoms with E-state index >= 15 is 0 Å². The molecule has 1 amide bonds. The zero-order chi connectivity index (χ0) is 15.7. The van der Waals surface area contributed by atoms with Crippen LogP contribution in [-0.2, 0) is 4.79 Å². The zero-order valence-corrected chi connectivity index (χ0v) is 12.1. The Balaban J connectivity index is 2.38. The van der Waals surface area contributed by atoms with Crippen molar-refractivity contribution < 1.29 is 14.7 Å². The summed E-state index contributed by atoms with van der Waals surface area (Å²) in [6, 6.07) is 0. The Morgan fingerprint density at radius 3 is 2.71 bits per heavy atom. The number of hydrogen-bond acceptors (Lipinski definition) is 4. The monoisotopic (exact) mass is 295 g/mol. The average molecular weight is 295 g/mol. The summed E-state index contributed by atoms with van der Waals surface area (Å²) in [5, 5.41) is 11.4. The van der Waals surface area contributed by atoms with Crippen LogP contribution in [0.1, 0.15) is 49.5 Å². The van der Waals surface area contributed by atoms with E-state index in [1.54, 1.807) is 0 Å². The Bertz CT molecular complexity index is 507. The van der Waals surface area contributed by atoms with E-state index < -0.39 is 5.97 Å². The Hall–Kier alpha value is -2.18. The van der Waals surface area contributed by atoms with Crippen molar-refractivity contribution in [2.45, 2.75) is 39.0 Å². The van der Waals surface area contributed by atoms with E-state index in [-0.39, 0.29) is 29.5 Å². The van der Waals surface area contributed by atoms with Gasteiger partial charge in [0.05, 0.1) is 6.20 Å². The molecule has 1 unspecified atom stereocenters. The fraction of sp³-hybridized carbons (Fsp3) is 0.571. The molecule has 0 radical (unpaired) electrons. The van der Waals surface area contributed by atoms with E-state index in [2.05, 4.69) is 22.2 Å². The molecule has 1 atom stereocenters. The molecule has 1 aromatic heterocycles. The smallest absolute Gasteiger partial charge is 0.303 e. The Morgan fingerprint density at radius 1 is 1.38 bits per heavy atom. The summed E-state index contributed by atoms with van der Waals surface area (Å²) in [7, 11) is 0. The molecule has 3 N–H and O–H groups in total. The van der Waals surface area contributed by atoms with Gasteiger partial charge in [-0.2, -0.15) is 0 Å². The van der Waals surface area contributed by atoms with Crippen LogP contribution in [0, 0.1) is 5.92 Å². The molecular weight excluding hydrogens is 274 g/mol. The molecule has 0 bridgehead atoms. The molecule has 0 fully saturated rings. The molecule has 7 nitrogen and oxygen atoms in total. The van der Waals surface area contributed by atoms with E-state index in [4.69, 9.17) is 5.11 Å². The molecule has 1 heterocycles. The van der Waals surface area contributed by atoms with Crippen molar-refractivity contribution in [1.29, 1.82) is 0 Å². The van der Waals surface area contributed by atoms with Crippen LogP contribution in [-0.4, -0.2) is 33.5 Å². The van der Waals surface area contributed by atoms with Gasteiger partial charge in [0.1, 0.15) is 5.69 Å². The number of rotatable bonds is 9. The third kappa shape index (κ3) is 6.69. The second kappa shape index (κ2) is 8.89. The number of aliphatic carboxylic acids is 1. The first-order valence-corrected chi connectivity index (χ1v) is 7.07.